The third-order valence-electron chi connectivity index (χ3n) is 2.16. The van der Waals surface area contributed by atoms with Crippen molar-refractivity contribution in [3.05, 3.63) is 61.2 Å². The topological polar surface area (TPSA) is 12.5 Å². The molecular weight excluding hydrogens is 230 g/mol. The first-order valence-corrected chi connectivity index (χ1v) is 5.86. The third-order valence-corrected chi connectivity index (χ3v) is 2.54. The van der Waals surface area contributed by atoms with E-state index in [4.69, 9.17) is 17.0 Å². The van der Waals surface area contributed by atoms with Gasteiger partial charge in [-0.15, -0.1) is 13.2 Å². The van der Waals surface area contributed by atoms with E-state index in [1.807, 2.05) is 35.2 Å². The molecule has 0 aliphatic carbocycles. The predicted octanol–water partition coefficient (Wildman–Crippen LogP) is 3.16. The molecule has 1 rings (SSSR count). The summed E-state index contributed by atoms with van der Waals surface area (Å²) in [6.45, 7) is 9.21. The average Bonchev–Trinajstić information content (AvgIpc) is 2.37. The van der Waals surface area contributed by atoms with E-state index in [-0.39, 0.29) is 0 Å². The van der Waals surface area contributed by atoms with Crippen LogP contribution in [0.15, 0.2) is 55.6 Å². The molecule has 0 amide bonds. The molecule has 0 aliphatic rings. The van der Waals surface area contributed by atoms with E-state index in [1.54, 1.807) is 12.2 Å². The Kier molecular flexibility index (Phi) is 6.04. The molecular formula is C14H17NOS. The second kappa shape index (κ2) is 7.63. The molecule has 0 heterocycles. The summed E-state index contributed by atoms with van der Waals surface area (Å²) in [6, 6.07) is 9.95. The van der Waals surface area contributed by atoms with Gasteiger partial charge in [0, 0.05) is 13.1 Å². The normalized spacial score (nSPS) is 9.41. The molecule has 17 heavy (non-hydrogen) atoms. The van der Waals surface area contributed by atoms with Crippen LogP contribution in [0.2, 0.25) is 0 Å². The monoisotopic (exact) mass is 247 g/mol. The highest BCUT2D eigenvalue weighted by atomic mass is 32.1. The van der Waals surface area contributed by atoms with Crippen LogP contribution in [0.3, 0.4) is 0 Å². The van der Waals surface area contributed by atoms with Crippen molar-refractivity contribution in [1.29, 1.82) is 0 Å². The lowest BCUT2D eigenvalue weighted by Crippen LogP contribution is -2.31. The molecule has 1 aromatic rings. The molecule has 90 valence electrons. The van der Waals surface area contributed by atoms with Crippen molar-refractivity contribution in [3.8, 4) is 0 Å². The van der Waals surface area contributed by atoms with Crippen molar-refractivity contribution in [3.63, 3.8) is 0 Å². The van der Waals surface area contributed by atoms with Crippen molar-refractivity contribution in [1.82, 2.24) is 4.90 Å². The maximum Gasteiger partial charge on any atom is 0.260 e. The van der Waals surface area contributed by atoms with Crippen LogP contribution >= 0.6 is 12.2 Å². The predicted molar refractivity (Wildman–Crippen MR) is 75.8 cm³/mol. The van der Waals surface area contributed by atoms with Crippen LogP contribution in [0.5, 0.6) is 0 Å². The smallest absolute Gasteiger partial charge is 0.260 e. The van der Waals surface area contributed by atoms with Crippen molar-refractivity contribution < 1.29 is 4.74 Å². The molecule has 0 atom stereocenters. The molecule has 0 aromatic heterocycles. The average molecular weight is 247 g/mol. The van der Waals surface area contributed by atoms with Crippen molar-refractivity contribution in [2.45, 2.75) is 6.61 Å². The Hall–Kier alpha value is -1.61. The highest BCUT2D eigenvalue weighted by molar-refractivity contribution is 7.80. The van der Waals surface area contributed by atoms with Crippen LogP contribution in [0.4, 0.5) is 0 Å². The second-order valence-electron chi connectivity index (χ2n) is 3.52. The Morgan fingerprint density at radius 2 is 1.76 bits per heavy atom. The minimum Gasteiger partial charge on any atom is -0.466 e. The molecule has 0 fully saturated rings. The van der Waals surface area contributed by atoms with Gasteiger partial charge in [0.05, 0.1) is 0 Å². The van der Waals surface area contributed by atoms with E-state index >= 15 is 0 Å². The van der Waals surface area contributed by atoms with Gasteiger partial charge in [0.15, 0.2) is 0 Å². The summed E-state index contributed by atoms with van der Waals surface area (Å²) in [5.74, 6) is 0. The van der Waals surface area contributed by atoms with Crippen LogP contribution < -0.4 is 0 Å². The van der Waals surface area contributed by atoms with E-state index in [0.29, 0.717) is 24.9 Å². The van der Waals surface area contributed by atoms with E-state index in [2.05, 4.69) is 13.2 Å². The van der Waals surface area contributed by atoms with Gasteiger partial charge in [-0.1, -0.05) is 42.5 Å². The Morgan fingerprint density at radius 3 is 2.29 bits per heavy atom. The van der Waals surface area contributed by atoms with Crippen LogP contribution in [0, 0.1) is 0 Å². The molecule has 0 spiro atoms. The number of thiocarbonyl (C=S) groups is 1. The molecule has 0 bridgehead atoms. The molecule has 2 nitrogen and oxygen atoms in total. The van der Waals surface area contributed by atoms with Crippen LogP contribution in [0.1, 0.15) is 5.56 Å². The molecule has 0 N–H and O–H groups in total. The van der Waals surface area contributed by atoms with E-state index in [0.717, 1.165) is 5.56 Å². The Morgan fingerprint density at radius 1 is 1.18 bits per heavy atom. The third kappa shape index (κ3) is 4.83. The zero-order valence-electron chi connectivity index (χ0n) is 9.84. The van der Waals surface area contributed by atoms with Crippen LogP contribution in [-0.4, -0.2) is 23.2 Å². The highest BCUT2D eigenvalue weighted by Crippen LogP contribution is 2.03. The van der Waals surface area contributed by atoms with Crippen molar-refractivity contribution in [2.24, 2.45) is 0 Å². The van der Waals surface area contributed by atoms with Gasteiger partial charge in [-0.25, -0.2) is 0 Å². The molecule has 0 saturated carbocycles. The van der Waals surface area contributed by atoms with Crippen LogP contribution in [-0.2, 0) is 11.3 Å². The molecule has 1 aromatic carbocycles. The maximum atomic E-state index is 5.56. The number of hydrogen-bond donors (Lipinski definition) is 0. The summed E-state index contributed by atoms with van der Waals surface area (Å²) in [5, 5.41) is 0.480. The Balaban J connectivity index is 2.46. The minimum atomic E-state index is 0.480. The molecule has 0 saturated heterocycles. The first-order chi connectivity index (χ1) is 8.27. The number of rotatable bonds is 6. The lowest BCUT2D eigenvalue weighted by molar-refractivity contribution is 0.245. The van der Waals surface area contributed by atoms with Gasteiger partial charge in [0.2, 0.25) is 0 Å². The van der Waals surface area contributed by atoms with Gasteiger partial charge >= 0.3 is 0 Å². The Bertz CT molecular complexity index is 365. The number of benzene rings is 1. The van der Waals surface area contributed by atoms with Gasteiger partial charge in [-0.05, 0) is 17.8 Å². The zero-order chi connectivity index (χ0) is 12.5. The van der Waals surface area contributed by atoms with E-state index in [1.165, 1.54) is 0 Å². The summed E-state index contributed by atoms with van der Waals surface area (Å²) in [6.07, 6.45) is 3.59. The van der Waals surface area contributed by atoms with Crippen LogP contribution in [0.25, 0.3) is 0 Å². The number of ether oxygens (including phenoxy) is 1. The quantitative estimate of drug-likeness (QED) is 0.566. The second-order valence-corrected chi connectivity index (χ2v) is 3.87. The summed E-state index contributed by atoms with van der Waals surface area (Å²) in [5.41, 5.74) is 1.10. The SMILES string of the molecule is C=CCN(CC=C)C(=S)OCc1ccccc1. The van der Waals surface area contributed by atoms with Gasteiger partial charge in [-0.2, -0.15) is 0 Å². The van der Waals surface area contributed by atoms with Gasteiger partial charge in [0.25, 0.3) is 5.17 Å². The standard InChI is InChI=1S/C14H17NOS/c1-3-10-15(11-4-2)14(17)16-12-13-8-6-5-7-9-13/h3-9H,1-2,10-12H2. The molecule has 0 radical (unpaired) electrons. The highest BCUT2D eigenvalue weighted by Gasteiger charge is 2.07. The first-order valence-electron chi connectivity index (χ1n) is 5.45. The van der Waals surface area contributed by atoms with Gasteiger partial charge in [0.1, 0.15) is 6.61 Å². The summed E-state index contributed by atoms with van der Waals surface area (Å²) < 4.78 is 5.56. The lowest BCUT2D eigenvalue weighted by atomic mass is 10.2. The van der Waals surface area contributed by atoms with Crippen molar-refractivity contribution >= 4 is 17.4 Å². The fraction of sp³-hybridized carbons (Fsp3) is 0.214. The summed E-state index contributed by atoms with van der Waals surface area (Å²) >= 11 is 5.21. The maximum absolute atomic E-state index is 5.56. The Labute approximate surface area is 108 Å². The van der Waals surface area contributed by atoms with Gasteiger partial charge < -0.3 is 9.64 Å². The van der Waals surface area contributed by atoms with Crippen molar-refractivity contribution in [2.75, 3.05) is 13.1 Å². The molecule has 3 heteroatoms. The van der Waals surface area contributed by atoms with E-state index < -0.39 is 0 Å². The minimum absolute atomic E-state index is 0.480. The first kappa shape index (κ1) is 13.5. The summed E-state index contributed by atoms with van der Waals surface area (Å²) in [4.78, 5) is 1.90. The fourth-order valence-electron chi connectivity index (χ4n) is 1.35. The molecule has 0 unspecified atom stereocenters. The van der Waals surface area contributed by atoms with E-state index in [9.17, 15) is 0 Å². The summed E-state index contributed by atoms with van der Waals surface area (Å²) in [7, 11) is 0. The largest absolute Gasteiger partial charge is 0.466 e. The molecule has 0 aliphatic heterocycles. The number of nitrogens with zero attached hydrogens (tertiary/aromatic N) is 1. The fourth-order valence-corrected chi connectivity index (χ4v) is 1.55. The van der Waals surface area contributed by atoms with Gasteiger partial charge in [-0.3, -0.25) is 0 Å². The number of hydrogen-bond acceptors (Lipinski definition) is 2. The zero-order valence-corrected chi connectivity index (χ0v) is 10.7. The lowest BCUT2D eigenvalue weighted by Gasteiger charge is -2.21.